The van der Waals surface area contributed by atoms with Gasteiger partial charge >= 0.3 is 0 Å². The number of nitrogens with zero attached hydrogens (tertiary/aromatic N) is 5. The molecule has 2 aliphatic rings. The number of carbonyl (C=O) groups excluding carboxylic acids is 3. The van der Waals surface area contributed by atoms with Crippen molar-refractivity contribution in [3.8, 4) is 0 Å². The van der Waals surface area contributed by atoms with Gasteiger partial charge in [-0.2, -0.15) is 0 Å². The molecule has 11 nitrogen and oxygen atoms in total. The van der Waals surface area contributed by atoms with Gasteiger partial charge in [0, 0.05) is 46.8 Å². The number of rotatable bonds is 8. The van der Waals surface area contributed by atoms with Crippen molar-refractivity contribution in [2.24, 2.45) is 5.92 Å². The fourth-order valence-corrected chi connectivity index (χ4v) is 5.32. The Kier molecular flexibility index (Phi) is 6.53. The average Bonchev–Trinajstić information content (AvgIpc) is 3.26. The Labute approximate surface area is 228 Å². The molecule has 206 valence electrons. The summed E-state index contributed by atoms with van der Waals surface area (Å²) in [6.07, 6.45) is 5.88. The molecular weight excluding hydrogens is 517 g/mol. The predicted molar refractivity (Wildman–Crippen MR) is 144 cm³/mol. The second-order valence-electron chi connectivity index (χ2n) is 10.5. The molecule has 3 aromatic heterocycles. The molecule has 1 saturated heterocycles. The molecule has 0 bridgehead atoms. The third-order valence-corrected chi connectivity index (χ3v) is 7.55. The lowest BCUT2D eigenvalue weighted by atomic mass is 10.1. The summed E-state index contributed by atoms with van der Waals surface area (Å²) in [5.41, 5.74) is 3.29. The van der Waals surface area contributed by atoms with Crippen molar-refractivity contribution in [2.45, 2.75) is 51.4 Å². The minimum atomic E-state index is -1.33. The van der Waals surface area contributed by atoms with Gasteiger partial charge in [-0.15, -0.1) is 0 Å². The van der Waals surface area contributed by atoms with Crippen molar-refractivity contribution in [1.29, 1.82) is 0 Å². The highest BCUT2D eigenvalue weighted by Crippen LogP contribution is 2.46. The van der Waals surface area contributed by atoms with Crippen LogP contribution in [0.4, 0.5) is 21.6 Å². The molecule has 1 saturated carbocycles. The number of carbonyl (C=O) groups is 3. The highest BCUT2D eigenvalue weighted by atomic mass is 19.1. The SMILES string of the molecule is CC(=O)c1cn(CC(=O)N2CC(F)CC2C(=O)Nc2cc(C3CC3C)no2)c2ccc(Nc3cncnc3)cc12. The Bertz CT molecular complexity index is 1600. The molecule has 4 unspecified atom stereocenters. The van der Waals surface area contributed by atoms with Gasteiger partial charge in [0.25, 0.3) is 0 Å². The van der Waals surface area contributed by atoms with E-state index in [1.807, 2.05) is 12.1 Å². The maximum atomic E-state index is 14.5. The third-order valence-electron chi connectivity index (χ3n) is 7.55. The minimum Gasteiger partial charge on any atom is -0.353 e. The molecule has 2 N–H and O–H groups in total. The molecule has 4 aromatic rings. The van der Waals surface area contributed by atoms with Crippen LogP contribution in [-0.2, 0) is 16.1 Å². The number of nitrogens with one attached hydrogen (secondary N) is 2. The van der Waals surface area contributed by atoms with Gasteiger partial charge in [-0.25, -0.2) is 14.4 Å². The van der Waals surface area contributed by atoms with E-state index in [0.717, 1.165) is 17.8 Å². The molecule has 0 spiro atoms. The number of aromatic nitrogens is 4. The van der Waals surface area contributed by atoms with E-state index < -0.39 is 24.0 Å². The zero-order chi connectivity index (χ0) is 28.0. The minimum absolute atomic E-state index is 0.110. The van der Waals surface area contributed by atoms with E-state index in [1.54, 1.807) is 35.3 Å². The topological polar surface area (TPSA) is 135 Å². The van der Waals surface area contributed by atoms with E-state index in [1.165, 1.54) is 18.2 Å². The molecule has 4 atom stereocenters. The maximum absolute atomic E-state index is 14.5. The first kappa shape index (κ1) is 25.7. The standard InChI is InChI=1S/C28H28FN7O4/c1-15-5-20(15)23-8-26(40-34-23)33-28(39)25-6-17(29)11-36(25)27(38)13-35-12-22(16(2)37)21-7-18(3-4-24(21)35)32-19-9-30-14-31-10-19/h3-4,7-10,12,14-15,17,20,25,32H,5-6,11,13H2,1-2H3,(H,33,39). The van der Waals surface area contributed by atoms with E-state index in [-0.39, 0.29) is 31.2 Å². The van der Waals surface area contributed by atoms with Crippen LogP contribution in [-0.4, -0.2) is 60.9 Å². The van der Waals surface area contributed by atoms with Crippen molar-refractivity contribution in [3.05, 3.63) is 60.4 Å². The first-order chi connectivity index (χ1) is 19.3. The molecule has 1 aromatic carbocycles. The zero-order valence-corrected chi connectivity index (χ0v) is 22.0. The van der Waals surface area contributed by atoms with Crippen LogP contribution in [0.15, 0.2) is 53.7 Å². The number of anilines is 3. The number of fused-ring (bicyclic) bond motifs is 1. The molecule has 6 rings (SSSR count). The van der Waals surface area contributed by atoms with Crippen LogP contribution >= 0.6 is 0 Å². The number of alkyl halides is 1. The van der Waals surface area contributed by atoms with Gasteiger partial charge in [0.15, 0.2) is 5.78 Å². The lowest BCUT2D eigenvalue weighted by Crippen LogP contribution is -2.44. The second kappa shape index (κ2) is 10.2. The third kappa shape index (κ3) is 5.04. The highest BCUT2D eigenvalue weighted by Gasteiger charge is 2.41. The lowest BCUT2D eigenvalue weighted by molar-refractivity contribution is -0.137. The van der Waals surface area contributed by atoms with Crippen LogP contribution in [0, 0.1) is 5.92 Å². The Balaban J connectivity index is 1.20. The van der Waals surface area contributed by atoms with Crippen molar-refractivity contribution >= 4 is 45.8 Å². The van der Waals surface area contributed by atoms with E-state index >= 15 is 0 Å². The van der Waals surface area contributed by atoms with Crippen molar-refractivity contribution in [1.82, 2.24) is 24.6 Å². The van der Waals surface area contributed by atoms with Gasteiger partial charge in [0.05, 0.1) is 30.3 Å². The summed E-state index contributed by atoms with van der Waals surface area (Å²) in [6, 6.07) is 6.13. The van der Waals surface area contributed by atoms with Crippen LogP contribution in [0.2, 0.25) is 0 Å². The summed E-state index contributed by atoms with van der Waals surface area (Å²) in [5.74, 6) is -0.0833. The van der Waals surface area contributed by atoms with Gasteiger partial charge in [-0.05, 0) is 37.5 Å². The number of hydrogen-bond acceptors (Lipinski definition) is 8. The quantitative estimate of drug-likeness (QED) is 0.317. The largest absolute Gasteiger partial charge is 0.353 e. The Morgan fingerprint density at radius 2 is 1.90 bits per heavy atom. The zero-order valence-electron chi connectivity index (χ0n) is 22.0. The van der Waals surface area contributed by atoms with E-state index in [2.05, 4.69) is 32.7 Å². The van der Waals surface area contributed by atoms with Crippen molar-refractivity contribution < 1.29 is 23.3 Å². The van der Waals surface area contributed by atoms with Crippen LogP contribution < -0.4 is 10.6 Å². The number of Topliss-reactive ketones (excluding diaryl/α,β-unsaturated/α-hetero) is 1. The van der Waals surface area contributed by atoms with Crippen LogP contribution in [0.25, 0.3) is 10.9 Å². The van der Waals surface area contributed by atoms with E-state index in [0.29, 0.717) is 34.0 Å². The summed E-state index contributed by atoms with van der Waals surface area (Å²) in [4.78, 5) is 48.1. The monoisotopic (exact) mass is 545 g/mol. The summed E-state index contributed by atoms with van der Waals surface area (Å²) >= 11 is 0. The van der Waals surface area contributed by atoms with Crippen molar-refractivity contribution in [2.75, 3.05) is 17.2 Å². The maximum Gasteiger partial charge on any atom is 0.249 e. The molecule has 0 radical (unpaired) electrons. The van der Waals surface area contributed by atoms with Gasteiger partial charge in [-0.1, -0.05) is 12.1 Å². The number of halogens is 1. The molecular formula is C28H28FN7O4. The van der Waals surface area contributed by atoms with Crippen LogP contribution in [0.5, 0.6) is 0 Å². The normalized spacial score (nSPS) is 21.9. The number of likely N-dealkylation sites (tertiary alicyclic amines) is 1. The van der Waals surface area contributed by atoms with E-state index in [9.17, 15) is 18.8 Å². The molecule has 2 fully saturated rings. The molecule has 2 amide bonds. The average molecular weight is 546 g/mol. The lowest BCUT2D eigenvalue weighted by Gasteiger charge is -2.23. The smallest absolute Gasteiger partial charge is 0.249 e. The predicted octanol–water partition coefficient (Wildman–Crippen LogP) is 4.07. The van der Waals surface area contributed by atoms with Gasteiger partial charge in [0.2, 0.25) is 17.7 Å². The Hall–Kier alpha value is -4.61. The Morgan fingerprint density at radius 1 is 1.12 bits per heavy atom. The number of hydrogen-bond donors (Lipinski definition) is 2. The van der Waals surface area contributed by atoms with Gasteiger partial charge < -0.3 is 19.3 Å². The molecule has 40 heavy (non-hydrogen) atoms. The highest BCUT2D eigenvalue weighted by molar-refractivity contribution is 6.08. The summed E-state index contributed by atoms with van der Waals surface area (Å²) in [6.45, 7) is 3.22. The number of ketones is 1. The summed E-state index contributed by atoms with van der Waals surface area (Å²) in [5, 5.41) is 10.5. The first-order valence-electron chi connectivity index (χ1n) is 13.1. The van der Waals surface area contributed by atoms with Crippen molar-refractivity contribution in [3.63, 3.8) is 0 Å². The molecule has 1 aliphatic carbocycles. The van der Waals surface area contributed by atoms with Gasteiger partial charge in [-0.3, -0.25) is 19.7 Å². The summed E-state index contributed by atoms with van der Waals surface area (Å²) in [7, 11) is 0. The van der Waals surface area contributed by atoms with Gasteiger partial charge in [0.1, 0.15) is 25.1 Å². The number of benzene rings is 1. The molecule has 12 heteroatoms. The fraction of sp³-hybridized carbons (Fsp3) is 0.357. The first-order valence-corrected chi connectivity index (χ1v) is 13.1. The second-order valence-corrected chi connectivity index (χ2v) is 10.5. The molecule has 1 aliphatic heterocycles. The van der Waals surface area contributed by atoms with E-state index in [4.69, 9.17) is 4.52 Å². The fourth-order valence-electron chi connectivity index (χ4n) is 5.32. The number of amides is 2. The van der Waals surface area contributed by atoms with Crippen LogP contribution in [0.3, 0.4) is 0 Å². The Morgan fingerprint density at radius 3 is 2.62 bits per heavy atom. The molecule has 4 heterocycles. The summed E-state index contributed by atoms with van der Waals surface area (Å²) < 4.78 is 21.4. The van der Waals surface area contributed by atoms with Crippen LogP contribution in [0.1, 0.15) is 48.7 Å².